The van der Waals surface area contributed by atoms with Crippen LogP contribution in [-0.4, -0.2) is 28.7 Å². The average Bonchev–Trinajstić information content (AvgIpc) is 2.83. The van der Waals surface area contributed by atoms with Crippen molar-refractivity contribution >= 4 is 34.4 Å². The second kappa shape index (κ2) is 6.72. The largest absolute Gasteiger partial charge is 0.497 e. The highest BCUT2D eigenvalue weighted by Crippen LogP contribution is 2.31. The summed E-state index contributed by atoms with van der Waals surface area (Å²) in [6, 6.07) is 6.35. The molecule has 0 amide bonds. The van der Waals surface area contributed by atoms with Gasteiger partial charge in [-0.05, 0) is 44.4 Å². The lowest BCUT2D eigenvalue weighted by Crippen LogP contribution is -2.10. The van der Waals surface area contributed by atoms with Crippen LogP contribution in [0.4, 0.5) is 0 Å². The Morgan fingerprint density at radius 1 is 1.40 bits per heavy atom. The summed E-state index contributed by atoms with van der Waals surface area (Å²) in [5, 5.41) is -0.106. The van der Waals surface area contributed by atoms with Crippen LogP contribution in [-0.2, 0) is 0 Å². The molecule has 0 fully saturated rings. The van der Waals surface area contributed by atoms with Gasteiger partial charge in [-0.15, -0.1) is 11.6 Å². The molecule has 0 bridgehead atoms. The first-order valence-corrected chi connectivity index (χ1v) is 8.60. The van der Waals surface area contributed by atoms with Crippen molar-refractivity contribution in [2.75, 3.05) is 19.1 Å². The first-order chi connectivity index (χ1) is 9.58. The van der Waals surface area contributed by atoms with Gasteiger partial charge in [-0.2, -0.15) is 11.8 Å². The molecule has 1 aromatic heterocycles. The molecule has 1 heterocycles. The van der Waals surface area contributed by atoms with Crippen molar-refractivity contribution < 1.29 is 4.74 Å². The molecule has 2 rings (SSSR count). The Labute approximate surface area is 129 Å². The number of thioether (sulfide) groups is 1. The van der Waals surface area contributed by atoms with Crippen LogP contribution >= 0.6 is 23.4 Å². The maximum atomic E-state index is 6.31. The average molecular weight is 313 g/mol. The van der Waals surface area contributed by atoms with E-state index in [1.807, 2.05) is 36.9 Å². The molecular weight excluding hydrogens is 292 g/mol. The Bertz CT molecular complexity index is 583. The van der Waals surface area contributed by atoms with E-state index >= 15 is 0 Å². The van der Waals surface area contributed by atoms with Crippen LogP contribution < -0.4 is 4.74 Å². The summed E-state index contributed by atoms with van der Waals surface area (Å²) in [5.74, 6) is 2.91. The maximum absolute atomic E-state index is 6.31. The van der Waals surface area contributed by atoms with E-state index in [1.165, 1.54) is 0 Å². The molecule has 0 aliphatic rings. The molecule has 0 radical (unpaired) electrons. The minimum Gasteiger partial charge on any atom is -0.497 e. The van der Waals surface area contributed by atoms with E-state index in [2.05, 4.69) is 22.7 Å². The molecule has 0 spiro atoms. The van der Waals surface area contributed by atoms with E-state index in [0.29, 0.717) is 6.04 Å². The number of halogens is 1. The monoisotopic (exact) mass is 312 g/mol. The Morgan fingerprint density at radius 2 is 2.15 bits per heavy atom. The summed E-state index contributed by atoms with van der Waals surface area (Å²) in [5.41, 5.74) is 2.07. The number of aromatic nitrogens is 2. The van der Waals surface area contributed by atoms with Crippen LogP contribution in [0.3, 0.4) is 0 Å². The highest BCUT2D eigenvalue weighted by Gasteiger charge is 2.19. The number of hydrogen-bond acceptors (Lipinski definition) is 3. The number of benzene rings is 1. The van der Waals surface area contributed by atoms with E-state index in [0.717, 1.165) is 34.8 Å². The van der Waals surface area contributed by atoms with Gasteiger partial charge < -0.3 is 9.30 Å². The van der Waals surface area contributed by atoms with Crippen molar-refractivity contribution in [1.82, 2.24) is 9.55 Å². The molecule has 0 saturated heterocycles. The molecule has 0 aliphatic heterocycles. The van der Waals surface area contributed by atoms with Gasteiger partial charge in [-0.3, -0.25) is 0 Å². The van der Waals surface area contributed by atoms with Gasteiger partial charge in [0, 0.05) is 12.1 Å². The van der Waals surface area contributed by atoms with Crippen molar-refractivity contribution in [3.8, 4) is 5.75 Å². The Morgan fingerprint density at radius 3 is 2.75 bits per heavy atom. The zero-order valence-corrected chi connectivity index (χ0v) is 14.0. The standard InChI is InChI=1S/C15H21ClN2OS/c1-10(7-8-20-4)18-14-9-12(19-3)5-6-13(14)17-15(18)11(2)16/h5-6,9-11H,7-8H2,1-4H3. The van der Waals surface area contributed by atoms with E-state index in [4.69, 9.17) is 16.3 Å². The third kappa shape index (κ3) is 3.07. The first kappa shape index (κ1) is 15.5. The summed E-state index contributed by atoms with van der Waals surface area (Å²) in [7, 11) is 1.68. The van der Waals surface area contributed by atoms with Crippen molar-refractivity contribution in [1.29, 1.82) is 0 Å². The number of methoxy groups -OCH3 is 1. The van der Waals surface area contributed by atoms with Gasteiger partial charge >= 0.3 is 0 Å². The van der Waals surface area contributed by atoms with Gasteiger partial charge in [0.05, 0.1) is 23.5 Å². The molecule has 2 aromatic rings. The highest BCUT2D eigenvalue weighted by molar-refractivity contribution is 7.98. The predicted molar refractivity (Wildman–Crippen MR) is 88.3 cm³/mol. The summed E-state index contributed by atoms with van der Waals surface area (Å²) in [6.07, 6.45) is 3.23. The fraction of sp³-hybridized carbons (Fsp3) is 0.533. The van der Waals surface area contributed by atoms with E-state index in [9.17, 15) is 0 Å². The van der Waals surface area contributed by atoms with E-state index < -0.39 is 0 Å². The normalized spacial score (nSPS) is 14.4. The lowest BCUT2D eigenvalue weighted by atomic mass is 10.2. The number of nitrogens with zero attached hydrogens (tertiary/aromatic N) is 2. The Kier molecular flexibility index (Phi) is 5.22. The topological polar surface area (TPSA) is 27.1 Å². The molecular formula is C15H21ClN2OS. The first-order valence-electron chi connectivity index (χ1n) is 6.77. The van der Waals surface area contributed by atoms with Gasteiger partial charge in [0.25, 0.3) is 0 Å². The number of hydrogen-bond donors (Lipinski definition) is 0. The fourth-order valence-electron chi connectivity index (χ4n) is 2.38. The number of alkyl halides is 1. The lowest BCUT2D eigenvalue weighted by molar-refractivity contribution is 0.415. The minimum atomic E-state index is -0.106. The lowest BCUT2D eigenvalue weighted by Gasteiger charge is -2.18. The van der Waals surface area contributed by atoms with Crippen molar-refractivity contribution in [3.63, 3.8) is 0 Å². The van der Waals surface area contributed by atoms with E-state index in [-0.39, 0.29) is 5.38 Å². The summed E-state index contributed by atoms with van der Waals surface area (Å²) in [4.78, 5) is 4.69. The number of fused-ring (bicyclic) bond motifs is 1. The van der Waals surface area contributed by atoms with E-state index in [1.54, 1.807) is 7.11 Å². The number of imidazole rings is 1. The van der Waals surface area contributed by atoms with Gasteiger partial charge in [-0.1, -0.05) is 0 Å². The fourth-order valence-corrected chi connectivity index (χ4v) is 3.11. The van der Waals surface area contributed by atoms with Crippen LogP contribution in [0, 0.1) is 0 Å². The van der Waals surface area contributed by atoms with Crippen LogP contribution in [0.1, 0.15) is 37.5 Å². The molecule has 5 heteroatoms. The smallest absolute Gasteiger partial charge is 0.127 e. The van der Waals surface area contributed by atoms with Gasteiger partial charge in [0.1, 0.15) is 11.6 Å². The van der Waals surface area contributed by atoms with Crippen LogP contribution in [0.15, 0.2) is 18.2 Å². The number of rotatable bonds is 6. The molecule has 1 aromatic carbocycles. The summed E-state index contributed by atoms with van der Waals surface area (Å²) in [6.45, 7) is 4.19. The molecule has 0 N–H and O–H groups in total. The van der Waals surface area contributed by atoms with Crippen LogP contribution in [0.2, 0.25) is 0 Å². The minimum absolute atomic E-state index is 0.106. The third-order valence-corrected chi connectivity index (χ3v) is 4.30. The molecule has 3 nitrogen and oxygen atoms in total. The number of ether oxygens (including phenoxy) is 1. The maximum Gasteiger partial charge on any atom is 0.127 e. The molecule has 0 aliphatic carbocycles. The van der Waals surface area contributed by atoms with Gasteiger partial charge in [0.15, 0.2) is 0 Å². The second-order valence-corrected chi connectivity index (χ2v) is 6.58. The summed E-state index contributed by atoms with van der Waals surface area (Å²) >= 11 is 8.17. The molecule has 20 heavy (non-hydrogen) atoms. The SMILES string of the molecule is COc1ccc2nc(C(C)Cl)n(C(C)CCSC)c2c1. The highest BCUT2D eigenvalue weighted by atomic mass is 35.5. The Balaban J connectivity index is 2.53. The van der Waals surface area contributed by atoms with Crippen LogP contribution in [0.25, 0.3) is 11.0 Å². The second-order valence-electron chi connectivity index (χ2n) is 4.94. The summed E-state index contributed by atoms with van der Waals surface area (Å²) < 4.78 is 7.59. The van der Waals surface area contributed by atoms with Gasteiger partial charge in [0.2, 0.25) is 0 Å². The van der Waals surface area contributed by atoms with Crippen LogP contribution in [0.5, 0.6) is 5.75 Å². The zero-order valence-electron chi connectivity index (χ0n) is 12.4. The molecule has 2 unspecified atom stereocenters. The van der Waals surface area contributed by atoms with Crippen molar-refractivity contribution in [2.24, 2.45) is 0 Å². The molecule has 110 valence electrons. The van der Waals surface area contributed by atoms with Gasteiger partial charge in [-0.25, -0.2) is 4.98 Å². The quantitative estimate of drug-likeness (QED) is 0.726. The third-order valence-electron chi connectivity index (χ3n) is 3.46. The van der Waals surface area contributed by atoms with Crippen molar-refractivity contribution in [2.45, 2.75) is 31.7 Å². The van der Waals surface area contributed by atoms with Crippen molar-refractivity contribution in [3.05, 3.63) is 24.0 Å². The predicted octanol–water partition coefficient (Wildman–Crippen LogP) is 4.66. The molecule has 0 saturated carbocycles. The Hall–Kier alpha value is -0.870. The molecule has 2 atom stereocenters. The zero-order chi connectivity index (χ0) is 14.7.